The number of aryl methyl sites for hydroxylation is 1. The topological polar surface area (TPSA) is 57.3 Å². The fourth-order valence-electron chi connectivity index (χ4n) is 2.89. The molecule has 0 unspecified atom stereocenters. The van der Waals surface area contributed by atoms with Crippen LogP contribution in [0, 0.1) is 6.92 Å². The Hall–Kier alpha value is -1.78. The highest BCUT2D eigenvalue weighted by molar-refractivity contribution is 5.94. The number of amides is 1. The van der Waals surface area contributed by atoms with E-state index in [4.69, 9.17) is 0 Å². The van der Waals surface area contributed by atoms with Gasteiger partial charge in [0.25, 0.3) is 5.91 Å². The molecule has 2 aliphatic heterocycles. The van der Waals surface area contributed by atoms with Gasteiger partial charge in [0.05, 0.1) is 5.69 Å². The summed E-state index contributed by atoms with van der Waals surface area (Å²) < 4.78 is 0. The van der Waals surface area contributed by atoms with Crippen LogP contribution in [0.4, 0.5) is 11.5 Å². The Morgan fingerprint density at radius 1 is 1.58 bits per heavy atom. The Labute approximate surface area is 113 Å². The summed E-state index contributed by atoms with van der Waals surface area (Å²) in [6.45, 7) is 8.07. The van der Waals surface area contributed by atoms with Gasteiger partial charge in [0.15, 0.2) is 5.82 Å². The van der Waals surface area contributed by atoms with E-state index < -0.39 is 0 Å². The highest BCUT2D eigenvalue weighted by atomic mass is 16.1. The van der Waals surface area contributed by atoms with Gasteiger partial charge < -0.3 is 15.5 Å². The molecule has 0 aromatic carbocycles. The molecule has 1 fully saturated rings. The maximum Gasteiger partial charge on any atom is 0.270 e. The minimum Gasteiger partial charge on any atom is -0.366 e. The van der Waals surface area contributed by atoms with Crippen molar-refractivity contribution in [1.82, 2.24) is 10.3 Å². The largest absolute Gasteiger partial charge is 0.366 e. The molecule has 0 radical (unpaired) electrons. The summed E-state index contributed by atoms with van der Waals surface area (Å²) in [5.74, 6) is 0.762. The van der Waals surface area contributed by atoms with E-state index in [1.54, 1.807) is 0 Å². The number of carbonyl (C=O) groups is 1. The van der Waals surface area contributed by atoms with Crippen molar-refractivity contribution in [3.63, 3.8) is 0 Å². The molecule has 0 aliphatic carbocycles. The van der Waals surface area contributed by atoms with Crippen molar-refractivity contribution in [2.24, 2.45) is 0 Å². The van der Waals surface area contributed by atoms with Crippen molar-refractivity contribution < 1.29 is 4.79 Å². The van der Waals surface area contributed by atoms with Crippen LogP contribution in [-0.4, -0.2) is 36.1 Å². The SMILES string of the molecule is Cc1cc(C(=O)NC(C)C)nc2c1N1CC[C@@H](C1)N2. The van der Waals surface area contributed by atoms with Crippen LogP contribution in [-0.2, 0) is 0 Å². The van der Waals surface area contributed by atoms with Gasteiger partial charge in [-0.05, 0) is 38.8 Å². The summed E-state index contributed by atoms with van der Waals surface area (Å²) in [6, 6.07) is 2.48. The Balaban J connectivity index is 1.96. The molecular formula is C14H20N4O. The molecule has 3 rings (SSSR count). The molecule has 2 bridgehead atoms. The number of aromatic nitrogens is 1. The molecule has 2 N–H and O–H groups in total. The molecule has 5 heteroatoms. The van der Waals surface area contributed by atoms with E-state index in [0.29, 0.717) is 11.7 Å². The van der Waals surface area contributed by atoms with Gasteiger partial charge in [-0.15, -0.1) is 0 Å². The number of hydrogen-bond donors (Lipinski definition) is 2. The number of pyridine rings is 1. The predicted octanol–water partition coefficient (Wildman–Crippen LogP) is 1.53. The fraction of sp³-hybridized carbons (Fsp3) is 0.571. The second kappa shape index (κ2) is 4.40. The third-order valence-corrected chi connectivity index (χ3v) is 3.68. The van der Waals surface area contributed by atoms with Crippen LogP contribution in [0.2, 0.25) is 0 Å². The van der Waals surface area contributed by atoms with Gasteiger partial charge in [0, 0.05) is 25.2 Å². The lowest BCUT2D eigenvalue weighted by Gasteiger charge is -2.29. The van der Waals surface area contributed by atoms with Crippen LogP contribution in [0.25, 0.3) is 0 Å². The Kier molecular flexibility index (Phi) is 2.84. The molecule has 3 heterocycles. The fourth-order valence-corrected chi connectivity index (χ4v) is 2.89. The molecule has 1 saturated heterocycles. The zero-order chi connectivity index (χ0) is 13.6. The summed E-state index contributed by atoms with van der Waals surface area (Å²) in [4.78, 5) is 18.9. The number of nitrogens with zero attached hydrogens (tertiary/aromatic N) is 2. The second-order valence-corrected chi connectivity index (χ2v) is 5.73. The average molecular weight is 260 g/mol. The average Bonchev–Trinajstić information content (AvgIpc) is 2.69. The van der Waals surface area contributed by atoms with E-state index in [-0.39, 0.29) is 11.9 Å². The zero-order valence-electron chi connectivity index (χ0n) is 11.7. The maximum atomic E-state index is 12.1. The van der Waals surface area contributed by atoms with Gasteiger partial charge >= 0.3 is 0 Å². The summed E-state index contributed by atoms with van der Waals surface area (Å²) >= 11 is 0. The summed E-state index contributed by atoms with van der Waals surface area (Å²) in [5.41, 5.74) is 2.78. The first kappa shape index (κ1) is 12.3. The zero-order valence-corrected chi connectivity index (χ0v) is 11.7. The van der Waals surface area contributed by atoms with Gasteiger partial charge in [-0.25, -0.2) is 4.98 Å². The number of rotatable bonds is 2. The lowest BCUT2D eigenvalue weighted by molar-refractivity contribution is 0.0938. The first-order chi connectivity index (χ1) is 9.04. The quantitative estimate of drug-likeness (QED) is 0.846. The van der Waals surface area contributed by atoms with E-state index in [2.05, 4.69) is 20.5 Å². The summed E-state index contributed by atoms with van der Waals surface area (Å²) in [5, 5.41) is 6.33. The minimum absolute atomic E-state index is 0.101. The van der Waals surface area contributed by atoms with Crippen LogP contribution in [0.5, 0.6) is 0 Å². The van der Waals surface area contributed by atoms with Gasteiger partial charge in [0.2, 0.25) is 0 Å². The number of anilines is 2. The van der Waals surface area contributed by atoms with Gasteiger partial charge in [-0.3, -0.25) is 4.79 Å². The normalized spacial score (nSPS) is 20.2. The molecule has 0 saturated carbocycles. The van der Waals surface area contributed by atoms with Crippen molar-refractivity contribution in [3.05, 3.63) is 17.3 Å². The van der Waals surface area contributed by atoms with E-state index in [0.717, 1.165) is 36.6 Å². The number of hydrogen-bond acceptors (Lipinski definition) is 4. The molecule has 102 valence electrons. The lowest BCUT2D eigenvalue weighted by Crippen LogP contribution is -2.35. The second-order valence-electron chi connectivity index (χ2n) is 5.73. The van der Waals surface area contributed by atoms with Crippen LogP contribution in [0.15, 0.2) is 6.07 Å². The smallest absolute Gasteiger partial charge is 0.270 e. The molecule has 1 amide bonds. The van der Waals surface area contributed by atoms with Crippen molar-refractivity contribution in [1.29, 1.82) is 0 Å². The Bertz CT molecular complexity index is 526. The van der Waals surface area contributed by atoms with Crippen molar-refractivity contribution in [3.8, 4) is 0 Å². The van der Waals surface area contributed by atoms with E-state index >= 15 is 0 Å². The van der Waals surface area contributed by atoms with Crippen LogP contribution < -0.4 is 15.5 Å². The first-order valence-corrected chi connectivity index (χ1v) is 6.88. The molecule has 0 spiro atoms. The molecule has 5 nitrogen and oxygen atoms in total. The third-order valence-electron chi connectivity index (χ3n) is 3.68. The van der Waals surface area contributed by atoms with Gasteiger partial charge in [0.1, 0.15) is 5.69 Å². The van der Waals surface area contributed by atoms with Crippen LogP contribution >= 0.6 is 0 Å². The Morgan fingerprint density at radius 3 is 3.11 bits per heavy atom. The minimum atomic E-state index is -0.101. The van der Waals surface area contributed by atoms with Crippen LogP contribution in [0.3, 0.4) is 0 Å². The monoisotopic (exact) mass is 260 g/mol. The highest BCUT2D eigenvalue weighted by Crippen LogP contribution is 2.36. The van der Waals surface area contributed by atoms with Crippen molar-refractivity contribution in [2.75, 3.05) is 23.3 Å². The van der Waals surface area contributed by atoms with Crippen LogP contribution in [0.1, 0.15) is 36.3 Å². The number of nitrogens with one attached hydrogen (secondary N) is 2. The van der Waals surface area contributed by atoms with E-state index in [1.165, 1.54) is 0 Å². The van der Waals surface area contributed by atoms with Gasteiger partial charge in [-0.1, -0.05) is 0 Å². The van der Waals surface area contributed by atoms with Crippen molar-refractivity contribution in [2.45, 2.75) is 39.3 Å². The van der Waals surface area contributed by atoms with E-state index in [1.807, 2.05) is 26.8 Å². The highest BCUT2D eigenvalue weighted by Gasteiger charge is 2.32. The van der Waals surface area contributed by atoms with Gasteiger partial charge in [-0.2, -0.15) is 0 Å². The number of carbonyl (C=O) groups excluding carboxylic acids is 1. The molecule has 1 aromatic rings. The molecule has 19 heavy (non-hydrogen) atoms. The molecule has 2 aliphatic rings. The molecule has 1 aromatic heterocycles. The molecular weight excluding hydrogens is 240 g/mol. The summed E-state index contributed by atoms with van der Waals surface area (Å²) in [7, 11) is 0. The standard InChI is InChI=1S/C14H20N4O/c1-8(2)15-14(19)11-6-9(3)12-13(17-11)16-10-4-5-18(12)7-10/h6,8,10H,4-5,7H2,1-3H3,(H,15,19)(H,16,17)/t10-/m0/s1. The van der Waals surface area contributed by atoms with E-state index in [9.17, 15) is 4.79 Å². The predicted molar refractivity (Wildman–Crippen MR) is 75.8 cm³/mol. The maximum absolute atomic E-state index is 12.1. The molecule has 1 atom stereocenters. The first-order valence-electron chi connectivity index (χ1n) is 6.88. The number of fused-ring (bicyclic) bond motifs is 4. The Morgan fingerprint density at radius 2 is 2.37 bits per heavy atom. The third kappa shape index (κ3) is 2.13. The lowest BCUT2D eigenvalue weighted by atomic mass is 10.1. The summed E-state index contributed by atoms with van der Waals surface area (Å²) in [6.07, 6.45) is 1.14. The van der Waals surface area contributed by atoms with Crippen molar-refractivity contribution >= 4 is 17.4 Å².